The Kier molecular flexibility index (Phi) is 4.44. The topological polar surface area (TPSA) is 44.8 Å². The summed E-state index contributed by atoms with van der Waals surface area (Å²) in [7, 11) is 0. The zero-order valence-corrected chi connectivity index (χ0v) is 9.95. The highest BCUT2D eigenvalue weighted by Gasteiger charge is 2.31. The predicted octanol–water partition coefficient (Wildman–Crippen LogP) is 1.84. The van der Waals surface area contributed by atoms with Gasteiger partial charge in [-0.3, -0.25) is 4.79 Å². The van der Waals surface area contributed by atoms with Crippen LogP contribution in [0.4, 0.5) is 0 Å². The molecule has 2 rings (SSSR count). The minimum Gasteiger partial charge on any atom is -0.461 e. The van der Waals surface area contributed by atoms with Gasteiger partial charge in [0, 0.05) is 13.0 Å². The lowest BCUT2D eigenvalue weighted by Crippen LogP contribution is -2.38. The minimum absolute atomic E-state index is 0.104. The van der Waals surface area contributed by atoms with Crippen LogP contribution in [0.5, 0.6) is 0 Å². The SMILES string of the molecule is O=C1CC(OC2CCCCO2)CC(CCl)O1. The van der Waals surface area contributed by atoms with Gasteiger partial charge < -0.3 is 14.2 Å². The molecule has 2 aliphatic rings. The molecular weight excluding hydrogens is 232 g/mol. The van der Waals surface area contributed by atoms with Crippen LogP contribution >= 0.6 is 11.6 Å². The van der Waals surface area contributed by atoms with Crippen LogP contribution < -0.4 is 0 Å². The number of rotatable bonds is 3. The highest BCUT2D eigenvalue weighted by atomic mass is 35.5. The van der Waals surface area contributed by atoms with E-state index in [-0.39, 0.29) is 24.5 Å². The molecule has 0 radical (unpaired) electrons. The Balaban J connectivity index is 1.81. The van der Waals surface area contributed by atoms with Gasteiger partial charge in [0.1, 0.15) is 6.10 Å². The summed E-state index contributed by atoms with van der Waals surface area (Å²) in [6, 6.07) is 0. The van der Waals surface area contributed by atoms with E-state index in [2.05, 4.69) is 0 Å². The van der Waals surface area contributed by atoms with Gasteiger partial charge in [0.05, 0.1) is 18.4 Å². The first-order chi connectivity index (χ1) is 7.78. The molecule has 0 aliphatic carbocycles. The maximum atomic E-state index is 11.3. The molecule has 0 aromatic carbocycles. The molecule has 0 amide bonds. The minimum atomic E-state index is -0.224. The summed E-state index contributed by atoms with van der Waals surface area (Å²) in [5.41, 5.74) is 0. The van der Waals surface area contributed by atoms with E-state index < -0.39 is 0 Å². The lowest BCUT2D eigenvalue weighted by molar-refractivity contribution is -0.207. The van der Waals surface area contributed by atoms with Gasteiger partial charge in [-0.05, 0) is 19.3 Å². The molecule has 92 valence electrons. The second-order valence-electron chi connectivity index (χ2n) is 4.26. The number of hydrogen-bond donors (Lipinski definition) is 0. The molecule has 3 unspecified atom stereocenters. The summed E-state index contributed by atoms with van der Waals surface area (Å²) in [4.78, 5) is 11.3. The number of carbonyl (C=O) groups excluding carboxylic acids is 1. The highest BCUT2D eigenvalue weighted by Crippen LogP contribution is 2.23. The van der Waals surface area contributed by atoms with Gasteiger partial charge >= 0.3 is 5.97 Å². The fourth-order valence-electron chi connectivity index (χ4n) is 2.08. The summed E-state index contributed by atoms with van der Waals surface area (Å²) >= 11 is 5.69. The third kappa shape index (κ3) is 3.34. The van der Waals surface area contributed by atoms with Crippen LogP contribution in [0.25, 0.3) is 0 Å². The normalized spacial score (nSPS) is 35.8. The lowest BCUT2D eigenvalue weighted by atomic mass is 10.1. The van der Waals surface area contributed by atoms with Gasteiger partial charge in [-0.15, -0.1) is 11.6 Å². The molecule has 2 aliphatic heterocycles. The molecule has 2 saturated heterocycles. The molecule has 0 bridgehead atoms. The van der Waals surface area contributed by atoms with E-state index in [9.17, 15) is 4.79 Å². The number of alkyl halides is 1. The number of ether oxygens (including phenoxy) is 3. The molecule has 0 aromatic rings. The Morgan fingerprint density at radius 3 is 3.00 bits per heavy atom. The smallest absolute Gasteiger partial charge is 0.308 e. The highest BCUT2D eigenvalue weighted by molar-refractivity contribution is 6.18. The van der Waals surface area contributed by atoms with Crippen LogP contribution in [-0.2, 0) is 19.0 Å². The predicted molar refractivity (Wildman–Crippen MR) is 58.3 cm³/mol. The average Bonchev–Trinajstić information content (AvgIpc) is 2.29. The fraction of sp³-hybridized carbons (Fsp3) is 0.909. The van der Waals surface area contributed by atoms with Crippen LogP contribution in [-0.4, -0.2) is 37.0 Å². The van der Waals surface area contributed by atoms with E-state index in [4.69, 9.17) is 25.8 Å². The Morgan fingerprint density at radius 2 is 2.31 bits per heavy atom. The van der Waals surface area contributed by atoms with Crippen molar-refractivity contribution in [2.24, 2.45) is 0 Å². The first kappa shape index (κ1) is 12.1. The Labute approximate surface area is 100 Å². The zero-order chi connectivity index (χ0) is 11.4. The van der Waals surface area contributed by atoms with Crippen molar-refractivity contribution in [1.29, 1.82) is 0 Å². The number of cyclic esters (lactones) is 1. The molecule has 0 aromatic heterocycles. The van der Waals surface area contributed by atoms with Crippen LogP contribution in [0, 0.1) is 0 Å². The molecule has 5 heteroatoms. The maximum Gasteiger partial charge on any atom is 0.308 e. The summed E-state index contributed by atoms with van der Waals surface area (Å²) in [6.07, 6.45) is 3.65. The van der Waals surface area contributed by atoms with Crippen molar-refractivity contribution in [3.05, 3.63) is 0 Å². The van der Waals surface area contributed by atoms with E-state index in [1.807, 2.05) is 0 Å². The van der Waals surface area contributed by atoms with E-state index in [1.165, 1.54) is 0 Å². The number of halogens is 1. The molecule has 2 fully saturated rings. The summed E-state index contributed by atoms with van der Waals surface area (Å²) in [6.45, 7) is 0.751. The molecule has 4 nitrogen and oxygen atoms in total. The van der Waals surface area contributed by atoms with E-state index >= 15 is 0 Å². The van der Waals surface area contributed by atoms with Crippen molar-refractivity contribution in [2.45, 2.75) is 50.6 Å². The van der Waals surface area contributed by atoms with E-state index in [0.29, 0.717) is 18.7 Å². The van der Waals surface area contributed by atoms with Gasteiger partial charge in [0.15, 0.2) is 6.29 Å². The molecule has 0 spiro atoms. The standard InChI is InChI=1S/C11H17ClO4/c12-7-9-5-8(6-10(13)15-9)16-11-3-1-2-4-14-11/h8-9,11H,1-7H2. The van der Waals surface area contributed by atoms with Gasteiger partial charge in [-0.1, -0.05) is 0 Å². The molecule has 0 N–H and O–H groups in total. The zero-order valence-electron chi connectivity index (χ0n) is 9.19. The molecule has 3 atom stereocenters. The monoisotopic (exact) mass is 248 g/mol. The average molecular weight is 249 g/mol. The van der Waals surface area contributed by atoms with E-state index in [0.717, 1.165) is 25.9 Å². The fourth-order valence-corrected chi connectivity index (χ4v) is 2.26. The lowest BCUT2D eigenvalue weighted by Gasteiger charge is -2.32. The first-order valence-corrected chi connectivity index (χ1v) is 6.34. The van der Waals surface area contributed by atoms with Crippen molar-refractivity contribution >= 4 is 17.6 Å². The summed E-state index contributed by atoms with van der Waals surface area (Å²) in [5.74, 6) is 0.106. The van der Waals surface area contributed by atoms with Crippen molar-refractivity contribution in [2.75, 3.05) is 12.5 Å². The second-order valence-corrected chi connectivity index (χ2v) is 4.57. The molecule has 16 heavy (non-hydrogen) atoms. The number of esters is 1. The number of carbonyl (C=O) groups is 1. The number of hydrogen-bond acceptors (Lipinski definition) is 4. The molecule has 2 heterocycles. The van der Waals surface area contributed by atoms with Crippen molar-refractivity contribution in [3.63, 3.8) is 0 Å². The maximum absolute atomic E-state index is 11.3. The van der Waals surface area contributed by atoms with Gasteiger partial charge in [-0.25, -0.2) is 0 Å². The Morgan fingerprint density at radius 1 is 1.44 bits per heavy atom. The van der Waals surface area contributed by atoms with Crippen LogP contribution in [0.1, 0.15) is 32.1 Å². The van der Waals surface area contributed by atoms with E-state index in [1.54, 1.807) is 0 Å². The van der Waals surface area contributed by atoms with Crippen LogP contribution in [0.15, 0.2) is 0 Å². The molecule has 0 saturated carbocycles. The Hall–Kier alpha value is -0.320. The van der Waals surface area contributed by atoms with Crippen molar-refractivity contribution < 1.29 is 19.0 Å². The summed E-state index contributed by atoms with van der Waals surface area (Å²) < 4.78 is 16.3. The third-order valence-corrected chi connectivity index (χ3v) is 3.22. The summed E-state index contributed by atoms with van der Waals surface area (Å²) in [5, 5.41) is 0. The second kappa shape index (κ2) is 5.84. The van der Waals surface area contributed by atoms with Crippen LogP contribution in [0.2, 0.25) is 0 Å². The van der Waals surface area contributed by atoms with Gasteiger partial charge in [0.2, 0.25) is 0 Å². The third-order valence-electron chi connectivity index (χ3n) is 2.87. The van der Waals surface area contributed by atoms with Crippen LogP contribution in [0.3, 0.4) is 0 Å². The molecular formula is C11H17ClO4. The van der Waals surface area contributed by atoms with Crippen molar-refractivity contribution in [1.82, 2.24) is 0 Å². The van der Waals surface area contributed by atoms with Gasteiger partial charge in [-0.2, -0.15) is 0 Å². The quantitative estimate of drug-likeness (QED) is 0.565. The largest absolute Gasteiger partial charge is 0.461 e. The van der Waals surface area contributed by atoms with Gasteiger partial charge in [0.25, 0.3) is 0 Å². The first-order valence-electron chi connectivity index (χ1n) is 5.80. The Bertz CT molecular complexity index is 240. The van der Waals surface area contributed by atoms with Crippen molar-refractivity contribution in [3.8, 4) is 0 Å².